The number of fused-ring (bicyclic) bond motifs is 1. The highest BCUT2D eigenvalue weighted by atomic mass is 16.2. The summed E-state index contributed by atoms with van der Waals surface area (Å²) in [6, 6.07) is 12.5. The lowest BCUT2D eigenvalue weighted by Gasteiger charge is -2.20. The minimum absolute atomic E-state index is 0.0558. The fourth-order valence-electron chi connectivity index (χ4n) is 3.43. The molecule has 2 heterocycles. The average molecular weight is 362 g/mol. The first kappa shape index (κ1) is 17.7. The Morgan fingerprint density at radius 2 is 1.96 bits per heavy atom. The van der Waals surface area contributed by atoms with Crippen LogP contribution >= 0.6 is 0 Å². The number of aromatic amines is 1. The van der Waals surface area contributed by atoms with E-state index in [4.69, 9.17) is 0 Å². The molecule has 5 nitrogen and oxygen atoms in total. The first-order valence-corrected chi connectivity index (χ1v) is 9.69. The van der Waals surface area contributed by atoms with Crippen LogP contribution in [0.4, 0.5) is 5.69 Å². The van der Waals surface area contributed by atoms with Gasteiger partial charge in [0.25, 0.3) is 0 Å². The summed E-state index contributed by atoms with van der Waals surface area (Å²) < 4.78 is 0. The molecule has 0 aliphatic heterocycles. The minimum atomic E-state index is -0.128. The predicted octanol–water partition coefficient (Wildman–Crippen LogP) is 4.34. The number of carbonyl (C=O) groups excluding carboxylic acids is 1. The van der Waals surface area contributed by atoms with Gasteiger partial charge in [0.1, 0.15) is 5.65 Å². The Bertz CT molecular complexity index is 921. The number of nitrogens with zero attached hydrogens (tertiary/aromatic N) is 1. The zero-order chi connectivity index (χ0) is 18.8. The van der Waals surface area contributed by atoms with E-state index < -0.39 is 0 Å². The van der Waals surface area contributed by atoms with Crippen LogP contribution in [0.25, 0.3) is 22.2 Å². The van der Waals surface area contributed by atoms with Crippen LogP contribution < -0.4 is 10.6 Å². The molecule has 1 amide bonds. The lowest BCUT2D eigenvalue weighted by molar-refractivity contribution is -0.118. The van der Waals surface area contributed by atoms with Gasteiger partial charge in [0.15, 0.2) is 0 Å². The summed E-state index contributed by atoms with van der Waals surface area (Å²) in [5.74, 6) is 0.533. The van der Waals surface area contributed by atoms with Gasteiger partial charge in [-0.05, 0) is 60.6 Å². The third-order valence-corrected chi connectivity index (χ3v) is 4.96. The Balaban J connectivity index is 1.48. The molecule has 3 N–H and O–H groups in total. The molecule has 4 rings (SSSR count). The Hall–Kier alpha value is -2.66. The number of hydrogen-bond acceptors (Lipinski definition) is 3. The molecule has 0 bridgehead atoms. The van der Waals surface area contributed by atoms with Crippen molar-refractivity contribution >= 4 is 22.6 Å². The van der Waals surface area contributed by atoms with Crippen LogP contribution in [0, 0.1) is 5.92 Å². The van der Waals surface area contributed by atoms with E-state index >= 15 is 0 Å². The standard InChI is InChI=1S/C22H26N4O/c1-14(2)13-20(25-16-7-8-16)22(27)26-17-5-3-15(4-6-17)18-9-11-23-21-19(18)10-12-24-21/h3-6,9-12,14,16,20,25H,7-8,13H2,1-2H3,(H,23,24)(H,26,27)/t20-/m1/s1. The second-order valence-corrected chi connectivity index (χ2v) is 7.79. The molecule has 5 heteroatoms. The smallest absolute Gasteiger partial charge is 0.241 e. The molecular formula is C22H26N4O. The molecule has 1 fully saturated rings. The second kappa shape index (κ2) is 7.53. The highest BCUT2D eigenvalue weighted by molar-refractivity contribution is 5.96. The van der Waals surface area contributed by atoms with E-state index in [9.17, 15) is 4.79 Å². The van der Waals surface area contributed by atoms with Gasteiger partial charge in [0, 0.05) is 29.5 Å². The molecule has 2 aromatic heterocycles. The van der Waals surface area contributed by atoms with Crippen molar-refractivity contribution in [3.8, 4) is 11.1 Å². The number of H-pyrrole nitrogens is 1. The highest BCUT2D eigenvalue weighted by Crippen LogP contribution is 2.28. The maximum atomic E-state index is 12.7. The lowest BCUT2D eigenvalue weighted by Crippen LogP contribution is -2.42. The maximum absolute atomic E-state index is 12.7. The van der Waals surface area contributed by atoms with Gasteiger partial charge in [-0.25, -0.2) is 4.98 Å². The quantitative estimate of drug-likeness (QED) is 0.586. The fraction of sp³-hybridized carbons (Fsp3) is 0.364. The number of pyridine rings is 1. The van der Waals surface area contributed by atoms with E-state index in [0.29, 0.717) is 12.0 Å². The summed E-state index contributed by atoms with van der Waals surface area (Å²) in [5.41, 5.74) is 3.95. The Labute approximate surface area is 159 Å². The maximum Gasteiger partial charge on any atom is 0.241 e. The molecule has 1 saturated carbocycles. The average Bonchev–Trinajstić information content (AvgIpc) is 3.34. The van der Waals surface area contributed by atoms with E-state index in [1.165, 1.54) is 12.8 Å². The van der Waals surface area contributed by atoms with Gasteiger partial charge in [-0.2, -0.15) is 0 Å². The zero-order valence-corrected chi connectivity index (χ0v) is 15.8. The number of nitrogens with one attached hydrogen (secondary N) is 3. The van der Waals surface area contributed by atoms with Crippen LogP contribution in [0.5, 0.6) is 0 Å². The number of anilines is 1. The third-order valence-electron chi connectivity index (χ3n) is 4.96. The van der Waals surface area contributed by atoms with Crippen molar-refractivity contribution in [3.05, 3.63) is 48.8 Å². The van der Waals surface area contributed by atoms with E-state index in [2.05, 4.69) is 34.4 Å². The number of rotatable bonds is 7. The van der Waals surface area contributed by atoms with E-state index in [1.54, 1.807) is 0 Å². The van der Waals surface area contributed by atoms with Crippen LogP contribution in [0.3, 0.4) is 0 Å². The number of hydrogen-bond donors (Lipinski definition) is 3. The van der Waals surface area contributed by atoms with Gasteiger partial charge < -0.3 is 15.6 Å². The molecule has 140 valence electrons. The Morgan fingerprint density at radius 3 is 2.67 bits per heavy atom. The van der Waals surface area contributed by atoms with Crippen molar-refractivity contribution < 1.29 is 4.79 Å². The fourth-order valence-corrected chi connectivity index (χ4v) is 3.43. The van der Waals surface area contributed by atoms with Gasteiger partial charge in [-0.1, -0.05) is 26.0 Å². The third kappa shape index (κ3) is 4.19. The van der Waals surface area contributed by atoms with E-state index in [-0.39, 0.29) is 11.9 Å². The number of benzene rings is 1. The van der Waals surface area contributed by atoms with Crippen LogP contribution in [0.15, 0.2) is 48.8 Å². The van der Waals surface area contributed by atoms with Crippen molar-refractivity contribution in [2.75, 3.05) is 5.32 Å². The van der Waals surface area contributed by atoms with Crippen molar-refractivity contribution in [1.29, 1.82) is 0 Å². The van der Waals surface area contributed by atoms with Crippen LogP contribution in [-0.2, 0) is 4.79 Å². The van der Waals surface area contributed by atoms with Gasteiger partial charge in [0.05, 0.1) is 6.04 Å². The van der Waals surface area contributed by atoms with Crippen molar-refractivity contribution in [2.45, 2.75) is 45.2 Å². The molecule has 1 aromatic carbocycles. The molecule has 0 radical (unpaired) electrons. The largest absolute Gasteiger partial charge is 0.346 e. The van der Waals surface area contributed by atoms with Crippen molar-refractivity contribution in [3.63, 3.8) is 0 Å². The van der Waals surface area contributed by atoms with Gasteiger partial charge >= 0.3 is 0 Å². The summed E-state index contributed by atoms with van der Waals surface area (Å²) in [4.78, 5) is 20.2. The normalized spacial score (nSPS) is 15.2. The molecule has 0 saturated heterocycles. The summed E-state index contributed by atoms with van der Waals surface area (Å²) in [6.07, 6.45) is 6.91. The zero-order valence-electron chi connectivity index (χ0n) is 15.8. The number of carbonyl (C=O) groups is 1. The first-order chi connectivity index (χ1) is 13.1. The topological polar surface area (TPSA) is 69.8 Å². The van der Waals surface area contributed by atoms with Crippen molar-refractivity contribution in [1.82, 2.24) is 15.3 Å². The highest BCUT2D eigenvalue weighted by Gasteiger charge is 2.28. The Kier molecular flexibility index (Phi) is 4.94. The summed E-state index contributed by atoms with van der Waals surface area (Å²) in [7, 11) is 0. The summed E-state index contributed by atoms with van der Waals surface area (Å²) in [6.45, 7) is 4.31. The number of aromatic nitrogens is 2. The lowest BCUT2D eigenvalue weighted by atomic mass is 10.0. The summed E-state index contributed by atoms with van der Waals surface area (Å²) in [5, 5.41) is 7.64. The first-order valence-electron chi connectivity index (χ1n) is 9.69. The van der Waals surface area contributed by atoms with Crippen LogP contribution in [-0.4, -0.2) is 28.0 Å². The van der Waals surface area contributed by atoms with Crippen LogP contribution in [0.2, 0.25) is 0 Å². The van der Waals surface area contributed by atoms with Gasteiger partial charge in [0.2, 0.25) is 5.91 Å². The molecule has 1 aliphatic carbocycles. The second-order valence-electron chi connectivity index (χ2n) is 7.79. The minimum Gasteiger partial charge on any atom is -0.346 e. The molecule has 3 aromatic rings. The Morgan fingerprint density at radius 1 is 1.19 bits per heavy atom. The summed E-state index contributed by atoms with van der Waals surface area (Å²) >= 11 is 0. The predicted molar refractivity (Wildman–Crippen MR) is 110 cm³/mol. The molecule has 1 atom stereocenters. The van der Waals surface area contributed by atoms with Gasteiger partial charge in [-0.3, -0.25) is 4.79 Å². The molecule has 1 aliphatic rings. The van der Waals surface area contributed by atoms with Crippen molar-refractivity contribution in [2.24, 2.45) is 5.92 Å². The molecule has 27 heavy (non-hydrogen) atoms. The monoisotopic (exact) mass is 362 g/mol. The molecule has 0 spiro atoms. The molecular weight excluding hydrogens is 336 g/mol. The van der Waals surface area contributed by atoms with E-state index in [1.807, 2.05) is 48.8 Å². The van der Waals surface area contributed by atoms with E-state index in [0.717, 1.165) is 34.3 Å². The number of amides is 1. The van der Waals surface area contributed by atoms with Gasteiger partial charge in [-0.15, -0.1) is 0 Å². The molecule has 0 unspecified atom stereocenters. The SMILES string of the molecule is CC(C)C[C@@H](NC1CC1)C(=O)Nc1ccc(-c2ccnc3[nH]ccc23)cc1. The van der Waals surface area contributed by atoms with Crippen LogP contribution in [0.1, 0.15) is 33.1 Å².